The standard InChI is InChI=1S/C16H22F3NO4S/c1-12(10-23-13-6-2-3-7-13)11-25(21,22)20-14-8-4-5-9-15(14)24-16(17,18)19/h4-5,8-9,12-13,20H,2-3,6-7,10-11H2,1H3/t12-/m0/s1. The molecule has 142 valence electrons. The number of anilines is 1. The van der Waals surface area contributed by atoms with Crippen LogP contribution < -0.4 is 9.46 Å². The van der Waals surface area contributed by atoms with E-state index in [2.05, 4.69) is 9.46 Å². The molecule has 0 heterocycles. The summed E-state index contributed by atoms with van der Waals surface area (Å²) in [6.45, 7) is 2.03. The van der Waals surface area contributed by atoms with Crippen LogP contribution in [0.5, 0.6) is 5.75 Å². The Morgan fingerprint density at radius 3 is 2.52 bits per heavy atom. The maximum atomic E-state index is 12.4. The molecule has 0 unspecified atom stereocenters. The number of benzene rings is 1. The summed E-state index contributed by atoms with van der Waals surface area (Å²) in [5, 5.41) is 0. The average Bonchev–Trinajstić information content (AvgIpc) is 2.98. The van der Waals surface area contributed by atoms with Crippen molar-refractivity contribution in [1.29, 1.82) is 0 Å². The van der Waals surface area contributed by atoms with E-state index in [1.807, 2.05) is 0 Å². The third kappa shape index (κ3) is 7.11. The van der Waals surface area contributed by atoms with E-state index in [-0.39, 0.29) is 23.5 Å². The molecule has 0 spiro atoms. The number of halogens is 3. The molecule has 0 aromatic heterocycles. The molecule has 25 heavy (non-hydrogen) atoms. The third-order valence-electron chi connectivity index (χ3n) is 3.80. The van der Waals surface area contributed by atoms with Gasteiger partial charge in [0, 0.05) is 0 Å². The summed E-state index contributed by atoms with van der Waals surface area (Å²) in [4.78, 5) is 0. The summed E-state index contributed by atoms with van der Waals surface area (Å²) in [6, 6.07) is 5.03. The lowest BCUT2D eigenvalue weighted by Crippen LogP contribution is -2.26. The Morgan fingerprint density at radius 1 is 1.24 bits per heavy atom. The Hall–Kier alpha value is -1.48. The van der Waals surface area contributed by atoms with Crippen molar-refractivity contribution < 1.29 is 31.1 Å². The van der Waals surface area contributed by atoms with Gasteiger partial charge in [-0.2, -0.15) is 0 Å². The van der Waals surface area contributed by atoms with Gasteiger partial charge in [0.15, 0.2) is 5.75 Å². The molecule has 1 atom stereocenters. The van der Waals surface area contributed by atoms with Crippen LogP contribution in [0.4, 0.5) is 18.9 Å². The lowest BCUT2D eigenvalue weighted by atomic mass is 10.2. The van der Waals surface area contributed by atoms with Gasteiger partial charge in [-0.05, 0) is 30.9 Å². The highest BCUT2D eigenvalue weighted by molar-refractivity contribution is 7.92. The quantitative estimate of drug-likeness (QED) is 0.741. The van der Waals surface area contributed by atoms with E-state index in [0.29, 0.717) is 6.61 Å². The number of hydrogen-bond donors (Lipinski definition) is 1. The van der Waals surface area contributed by atoms with Gasteiger partial charge in [0.05, 0.1) is 24.2 Å². The van der Waals surface area contributed by atoms with E-state index >= 15 is 0 Å². The van der Waals surface area contributed by atoms with Crippen molar-refractivity contribution in [2.75, 3.05) is 17.1 Å². The summed E-state index contributed by atoms with van der Waals surface area (Å²) in [7, 11) is -3.84. The molecular weight excluding hydrogens is 359 g/mol. The highest BCUT2D eigenvalue weighted by Crippen LogP contribution is 2.30. The van der Waals surface area contributed by atoms with E-state index < -0.39 is 22.1 Å². The van der Waals surface area contributed by atoms with Gasteiger partial charge in [-0.25, -0.2) is 8.42 Å². The molecule has 1 N–H and O–H groups in total. The minimum atomic E-state index is -4.90. The molecule has 0 radical (unpaired) electrons. The zero-order valence-corrected chi connectivity index (χ0v) is 14.7. The van der Waals surface area contributed by atoms with Crippen molar-refractivity contribution >= 4 is 15.7 Å². The molecule has 0 amide bonds. The van der Waals surface area contributed by atoms with Crippen molar-refractivity contribution in [3.63, 3.8) is 0 Å². The second kappa shape index (κ2) is 8.27. The first-order valence-corrected chi connectivity index (χ1v) is 9.77. The molecule has 1 aliphatic rings. The fraction of sp³-hybridized carbons (Fsp3) is 0.625. The molecule has 0 saturated heterocycles. The van der Waals surface area contributed by atoms with Crippen LogP contribution in [0.1, 0.15) is 32.6 Å². The topological polar surface area (TPSA) is 64.6 Å². The fourth-order valence-corrected chi connectivity index (χ4v) is 4.18. The van der Waals surface area contributed by atoms with Crippen LogP contribution in [-0.2, 0) is 14.8 Å². The number of rotatable bonds is 8. The van der Waals surface area contributed by atoms with Crippen LogP contribution in [0, 0.1) is 5.92 Å². The summed E-state index contributed by atoms with van der Waals surface area (Å²) < 4.78 is 73.3. The van der Waals surface area contributed by atoms with Gasteiger partial charge in [-0.1, -0.05) is 31.9 Å². The van der Waals surface area contributed by atoms with E-state index in [4.69, 9.17) is 4.74 Å². The third-order valence-corrected chi connectivity index (χ3v) is 5.34. The van der Waals surface area contributed by atoms with Crippen molar-refractivity contribution in [2.45, 2.75) is 45.1 Å². The second-order valence-electron chi connectivity index (χ2n) is 6.27. The van der Waals surface area contributed by atoms with Crippen molar-refractivity contribution in [1.82, 2.24) is 0 Å². The molecule has 1 fully saturated rings. The van der Waals surface area contributed by atoms with Gasteiger partial charge >= 0.3 is 6.36 Å². The van der Waals surface area contributed by atoms with Gasteiger partial charge in [-0.3, -0.25) is 4.72 Å². The van der Waals surface area contributed by atoms with E-state index in [1.54, 1.807) is 6.92 Å². The molecule has 1 aliphatic carbocycles. The maximum absolute atomic E-state index is 12.4. The van der Waals surface area contributed by atoms with E-state index in [1.165, 1.54) is 18.2 Å². The first kappa shape index (κ1) is 19.8. The summed E-state index contributed by atoms with van der Waals surface area (Å²) >= 11 is 0. The first-order valence-electron chi connectivity index (χ1n) is 8.11. The fourth-order valence-electron chi connectivity index (χ4n) is 2.75. The molecule has 9 heteroatoms. The second-order valence-corrected chi connectivity index (χ2v) is 8.04. The van der Waals surface area contributed by atoms with Crippen LogP contribution in [0.3, 0.4) is 0 Å². The summed E-state index contributed by atoms with van der Waals surface area (Å²) in [5.74, 6) is -1.12. The van der Waals surface area contributed by atoms with Gasteiger partial charge < -0.3 is 9.47 Å². The summed E-state index contributed by atoms with van der Waals surface area (Å²) in [5.41, 5.74) is -0.247. The molecule has 1 aromatic carbocycles. The Bertz CT molecular complexity index is 658. The molecule has 2 rings (SSSR count). The number of sulfonamides is 1. The highest BCUT2D eigenvalue weighted by Gasteiger charge is 2.32. The number of nitrogens with one attached hydrogen (secondary N) is 1. The predicted molar refractivity (Wildman–Crippen MR) is 87.9 cm³/mol. The van der Waals surface area contributed by atoms with Crippen LogP contribution in [0.15, 0.2) is 24.3 Å². The normalized spacial score (nSPS) is 17.4. The largest absolute Gasteiger partial charge is 0.573 e. The molecule has 1 saturated carbocycles. The van der Waals surface area contributed by atoms with E-state index in [0.717, 1.165) is 31.7 Å². The molecule has 0 bridgehead atoms. The average molecular weight is 381 g/mol. The molecular formula is C16H22F3NO4S. The lowest BCUT2D eigenvalue weighted by molar-refractivity contribution is -0.274. The molecule has 5 nitrogen and oxygen atoms in total. The number of ether oxygens (including phenoxy) is 2. The van der Waals surface area contributed by atoms with Gasteiger partial charge in [0.2, 0.25) is 10.0 Å². The zero-order valence-electron chi connectivity index (χ0n) is 13.9. The van der Waals surface area contributed by atoms with Crippen LogP contribution in [-0.4, -0.2) is 33.2 Å². The van der Waals surface area contributed by atoms with Crippen molar-refractivity contribution in [3.8, 4) is 5.75 Å². The highest BCUT2D eigenvalue weighted by atomic mass is 32.2. The van der Waals surface area contributed by atoms with Crippen LogP contribution >= 0.6 is 0 Å². The minimum Gasteiger partial charge on any atom is -0.404 e. The smallest absolute Gasteiger partial charge is 0.404 e. The number of alkyl halides is 3. The van der Waals surface area contributed by atoms with Gasteiger partial charge in [0.25, 0.3) is 0 Å². The Kier molecular flexibility index (Phi) is 6.56. The maximum Gasteiger partial charge on any atom is 0.573 e. The number of para-hydroxylation sites is 2. The predicted octanol–water partition coefficient (Wildman–Crippen LogP) is 3.92. The zero-order chi connectivity index (χ0) is 18.5. The Labute approximate surface area is 145 Å². The molecule has 0 aliphatic heterocycles. The Morgan fingerprint density at radius 2 is 1.88 bits per heavy atom. The Balaban J connectivity index is 1.93. The minimum absolute atomic E-state index is 0.180. The van der Waals surface area contributed by atoms with E-state index in [9.17, 15) is 21.6 Å². The number of hydrogen-bond acceptors (Lipinski definition) is 4. The van der Waals surface area contributed by atoms with Gasteiger partial charge in [-0.15, -0.1) is 13.2 Å². The van der Waals surface area contributed by atoms with Crippen LogP contribution in [0.2, 0.25) is 0 Å². The van der Waals surface area contributed by atoms with Crippen LogP contribution in [0.25, 0.3) is 0 Å². The SMILES string of the molecule is C[C@@H](COC1CCCC1)CS(=O)(=O)Nc1ccccc1OC(F)(F)F. The first-order chi connectivity index (χ1) is 11.6. The van der Waals surface area contributed by atoms with Crippen molar-refractivity contribution in [2.24, 2.45) is 5.92 Å². The van der Waals surface area contributed by atoms with Crippen molar-refractivity contribution in [3.05, 3.63) is 24.3 Å². The lowest BCUT2D eigenvalue weighted by Gasteiger charge is -2.18. The van der Waals surface area contributed by atoms with Gasteiger partial charge in [0.1, 0.15) is 0 Å². The molecule has 1 aromatic rings. The summed E-state index contributed by atoms with van der Waals surface area (Å²) in [6.07, 6.45) is -0.507. The monoisotopic (exact) mass is 381 g/mol.